The molecular weight excluding hydrogens is 392 g/mol. The van der Waals surface area contributed by atoms with Crippen LogP contribution in [0.25, 0.3) is 10.6 Å². The molecule has 1 heterocycles. The van der Waals surface area contributed by atoms with Crippen molar-refractivity contribution >= 4 is 16.5 Å². The third-order valence-electron chi connectivity index (χ3n) is 4.75. The van der Waals surface area contributed by atoms with E-state index in [2.05, 4.69) is 17.1 Å². The van der Waals surface area contributed by atoms with E-state index in [1.54, 1.807) is 7.11 Å². The standard InChI is InChI=1S/C22H25F2N3OS/c1-5-6-9-27(13-16-7-8-18(23)12-19(16)24)22-26-25-21(29-22)17-10-14(2)20(28-4)15(3)11-17/h7-8,10-12H,5-6,9,13H2,1-4H3. The van der Waals surface area contributed by atoms with Gasteiger partial charge in [-0.25, -0.2) is 8.78 Å². The van der Waals surface area contributed by atoms with E-state index >= 15 is 0 Å². The molecule has 0 radical (unpaired) electrons. The predicted molar refractivity (Wildman–Crippen MR) is 114 cm³/mol. The smallest absolute Gasteiger partial charge is 0.208 e. The summed E-state index contributed by atoms with van der Waals surface area (Å²) in [7, 11) is 1.66. The van der Waals surface area contributed by atoms with Gasteiger partial charge in [-0.1, -0.05) is 30.7 Å². The van der Waals surface area contributed by atoms with Crippen LogP contribution in [0.5, 0.6) is 5.75 Å². The lowest BCUT2D eigenvalue weighted by Gasteiger charge is -2.21. The summed E-state index contributed by atoms with van der Waals surface area (Å²) in [6, 6.07) is 7.76. The summed E-state index contributed by atoms with van der Waals surface area (Å²) in [4.78, 5) is 2.00. The first-order valence-corrected chi connectivity index (χ1v) is 10.4. The molecule has 3 aromatic rings. The minimum Gasteiger partial charge on any atom is -0.496 e. The lowest BCUT2D eigenvalue weighted by molar-refractivity contribution is 0.408. The molecule has 4 nitrogen and oxygen atoms in total. The van der Waals surface area contributed by atoms with Crippen LogP contribution in [-0.4, -0.2) is 23.9 Å². The highest BCUT2D eigenvalue weighted by Crippen LogP contribution is 2.34. The quantitative estimate of drug-likeness (QED) is 0.456. The molecule has 0 unspecified atom stereocenters. The van der Waals surface area contributed by atoms with E-state index in [9.17, 15) is 8.78 Å². The van der Waals surface area contributed by atoms with Gasteiger partial charge in [-0.05, 0) is 49.6 Å². The number of ether oxygens (including phenoxy) is 1. The van der Waals surface area contributed by atoms with Gasteiger partial charge in [-0.2, -0.15) is 0 Å². The lowest BCUT2D eigenvalue weighted by atomic mass is 10.1. The maximum absolute atomic E-state index is 14.2. The topological polar surface area (TPSA) is 38.2 Å². The van der Waals surface area contributed by atoms with Crippen molar-refractivity contribution in [1.82, 2.24) is 10.2 Å². The first kappa shape index (κ1) is 21.2. The Labute approximate surface area is 174 Å². The van der Waals surface area contributed by atoms with E-state index in [1.807, 2.05) is 30.9 Å². The Hall–Kier alpha value is -2.54. The number of methoxy groups -OCH3 is 1. The molecule has 1 aromatic heterocycles. The van der Waals surface area contributed by atoms with Crippen LogP contribution in [0.15, 0.2) is 30.3 Å². The normalized spacial score (nSPS) is 11.0. The van der Waals surface area contributed by atoms with Crippen molar-refractivity contribution in [3.05, 3.63) is 58.7 Å². The maximum atomic E-state index is 14.2. The van der Waals surface area contributed by atoms with E-state index in [0.717, 1.165) is 58.0 Å². The van der Waals surface area contributed by atoms with Crippen LogP contribution in [0.4, 0.5) is 13.9 Å². The van der Waals surface area contributed by atoms with Gasteiger partial charge in [-0.15, -0.1) is 10.2 Å². The number of halogens is 2. The number of rotatable bonds is 8. The van der Waals surface area contributed by atoms with Crippen molar-refractivity contribution in [2.45, 2.75) is 40.2 Å². The SMILES string of the molecule is CCCCN(Cc1ccc(F)cc1F)c1nnc(-c2cc(C)c(OC)c(C)c2)s1. The Bertz CT molecular complexity index is 967. The first-order valence-electron chi connectivity index (χ1n) is 9.61. The molecule has 0 spiro atoms. The van der Waals surface area contributed by atoms with Crippen LogP contribution in [0, 0.1) is 25.5 Å². The number of benzene rings is 2. The van der Waals surface area contributed by atoms with Crippen molar-refractivity contribution in [1.29, 1.82) is 0 Å². The van der Waals surface area contributed by atoms with Crippen LogP contribution in [0.3, 0.4) is 0 Å². The molecule has 0 N–H and O–H groups in total. The van der Waals surface area contributed by atoms with Gasteiger partial charge in [0, 0.05) is 30.3 Å². The summed E-state index contributed by atoms with van der Waals surface area (Å²) in [6.45, 7) is 7.15. The average molecular weight is 418 g/mol. The van der Waals surface area contributed by atoms with E-state index in [-0.39, 0.29) is 0 Å². The highest BCUT2D eigenvalue weighted by Gasteiger charge is 2.17. The largest absolute Gasteiger partial charge is 0.496 e. The maximum Gasteiger partial charge on any atom is 0.208 e. The Morgan fingerprint density at radius 1 is 1.07 bits per heavy atom. The molecule has 0 amide bonds. The van der Waals surface area contributed by atoms with Crippen molar-refractivity contribution in [3.8, 4) is 16.3 Å². The van der Waals surface area contributed by atoms with Gasteiger partial charge in [0.25, 0.3) is 0 Å². The van der Waals surface area contributed by atoms with Crippen LogP contribution in [0.2, 0.25) is 0 Å². The molecule has 0 atom stereocenters. The zero-order valence-corrected chi connectivity index (χ0v) is 17.9. The summed E-state index contributed by atoms with van der Waals surface area (Å²) in [5.41, 5.74) is 3.49. The minimum absolute atomic E-state index is 0.321. The molecule has 29 heavy (non-hydrogen) atoms. The van der Waals surface area contributed by atoms with Crippen LogP contribution < -0.4 is 9.64 Å². The molecule has 7 heteroatoms. The lowest BCUT2D eigenvalue weighted by Crippen LogP contribution is -2.24. The predicted octanol–water partition coefficient (Wildman–Crippen LogP) is 5.92. The van der Waals surface area contributed by atoms with Gasteiger partial charge < -0.3 is 9.64 Å². The fraction of sp³-hybridized carbons (Fsp3) is 0.364. The van der Waals surface area contributed by atoms with Gasteiger partial charge in [0.2, 0.25) is 5.13 Å². The van der Waals surface area contributed by atoms with Crippen molar-refractivity contribution in [2.75, 3.05) is 18.6 Å². The zero-order chi connectivity index (χ0) is 21.0. The Balaban J connectivity index is 1.89. The zero-order valence-electron chi connectivity index (χ0n) is 17.1. The molecule has 0 bridgehead atoms. The van der Waals surface area contributed by atoms with Crippen molar-refractivity contribution < 1.29 is 13.5 Å². The van der Waals surface area contributed by atoms with Gasteiger partial charge in [-0.3, -0.25) is 0 Å². The Kier molecular flexibility index (Phi) is 6.79. The summed E-state index contributed by atoms with van der Waals surface area (Å²) in [5.74, 6) is -0.248. The average Bonchev–Trinajstić information content (AvgIpc) is 3.16. The number of hydrogen-bond acceptors (Lipinski definition) is 5. The molecule has 154 valence electrons. The number of nitrogens with zero attached hydrogens (tertiary/aromatic N) is 3. The highest BCUT2D eigenvalue weighted by molar-refractivity contribution is 7.18. The number of aryl methyl sites for hydroxylation is 2. The molecule has 0 saturated carbocycles. The van der Waals surface area contributed by atoms with Crippen LogP contribution >= 0.6 is 11.3 Å². The van der Waals surface area contributed by atoms with Crippen molar-refractivity contribution in [3.63, 3.8) is 0 Å². The van der Waals surface area contributed by atoms with Crippen molar-refractivity contribution in [2.24, 2.45) is 0 Å². The van der Waals surface area contributed by atoms with Gasteiger partial charge in [0.15, 0.2) is 0 Å². The fourth-order valence-electron chi connectivity index (χ4n) is 3.30. The van der Waals surface area contributed by atoms with Gasteiger partial charge >= 0.3 is 0 Å². The number of anilines is 1. The second-order valence-corrected chi connectivity index (χ2v) is 8.00. The third kappa shape index (κ3) is 4.90. The fourth-order valence-corrected chi connectivity index (χ4v) is 4.16. The van der Waals surface area contributed by atoms with Gasteiger partial charge in [0.05, 0.1) is 7.11 Å². The molecule has 0 aliphatic heterocycles. The second kappa shape index (κ2) is 9.31. The molecular formula is C22H25F2N3OS. The molecule has 0 fully saturated rings. The Morgan fingerprint density at radius 3 is 2.41 bits per heavy atom. The summed E-state index contributed by atoms with van der Waals surface area (Å²) >= 11 is 1.47. The summed E-state index contributed by atoms with van der Waals surface area (Å²) in [6.07, 6.45) is 1.95. The van der Waals surface area contributed by atoms with Gasteiger partial charge in [0.1, 0.15) is 22.4 Å². The first-order chi connectivity index (χ1) is 13.9. The van der Waals surface area contributed by atoms with E-state index in [0.29, 0.717) is 12.1 Å². The molecule has 0 saturated heterocycles. The molecule has 0 aliphatic carbocycles. The monoisotopic (exact) mass is 417 g/mol. The Morgan fingerprint density at radius 2 is 1.79 bits per heavy atom. The molecule has 3 rings (SSSR count). The summed E-state index contributed by atoms with van der Waals surface area (Å²) in [5, 5.41) is 10.2. The number of hydrogen-bond donors (Lipinski definition) is 0. The number of aromatic nitrogens is 2. The number of unbranched alkanes of at least 4 members (excludes halogenated alkanes) is 1. The molecule has 2 aromatic carbocycles. The summed E-state index contributed by atoms with van der Waals surface area (Å²) < 4.78 is 32.8. The van der Waals surface area contributed by atoms with Crippen LogP contribution in [0.1, 0.15) is 36.5 Å². The second-order valence-electron chi connectivity index (χ2n) is 7.04. The van der Waals surface area contributed by atoms with Crippen LogP contribution in [-0.2, 0) is 6.54 Å². The highest BCUT2D eigenvalue weighted by atomic mass is 32.1. The third-order valence-corrected chi connectivity index (χ3v) is 5.79. The molecule has 0 aliphatic rings. The van der Waals surface area contributed by atoms with E-state index in [1.165, 1.54) is 23.5 Å². The van der Waals surface area contributed by atoms with E-state index in [4.69, 9.17) is 4.74 Å². The van der Waals surface area contributed by atoms with E-state index < -0.39 is 11.6 Å². The minimum atomic E-state index is -0.574.